The van der Waals surface area contributed by atoms with Crippen molar-refractivity contribution in [3.8, 4) is 11.8 Å². The molecule has 0 atom stereocenters. The van der Waals surface area contributed by atoms with Gasteiger partial charge in [-0.2, -0.15) is 5.26 Å². The van der Waals surface area contributed by atoms with E-state index in [0.717, 1.165) is 15.7 Å². The van der Waals surface area contributed by atoms with Crippen LogP contribution in [0.3, 0.4) is 0 Å². The molecule has 0 radical (unpaired) electrons. The lowest BCUT2D eigenvalue weighted by molar-refractivity contribution is 0.978. The van der Waals surface area contributed by atoms with Gasteiger partial charge >= 0.3 is 0 Å². The summed E-state index contributed by atoms with van der Waals surface area (Å²) in [5, 5.41) is 9.93. The van der Waals surface area contributed by atoms with E-state index in [0.29, 0.717) is 21.9 Å². The Kier molecular flexibility index (Phi) is 3.90. The number of alkyl halides is 1. The van der Waals surface area contributed by atoms with Gasteiger partial charge in [-0.1, -0.05) is 33.6 Å². The van der Waals surface area contributed by atoms with Crippen molar-refractivity contribution >= 4 is 50.2 Å². The number of halogens is 3. The summed E-state index contributed by atoms with van der Waals surface area (Å²) in [7, 11) is 0. The predicted octanol–water partition coefficient (Wildman–Crippen LogP) is 5.05. The van der Waals surface area contributed by atoms with E-state index in [4.69, 9.17) is 23.2 Å². The molecule has 0 aliphatic rings. The minimum Gasteiger partial charge on any atom is -0.294 e. The molecule has 0 bridgehead atoms. The van der Waals surface area contributed by atoms with Crippen molar-refractivity contribution < 1.29 is 0 Å². The third kappa shape index (κ3) is 2.42. The minimum absolute atomic E-state index is 0.228. The minimum atomic E-state index is 0.228. The lowest BCUT2D eigenvalue weighted by atomic mass is 10.2. The molecule has 3 aromatic rings. The third-order valence-corrected chi connectivity index (χ3v) is 4.18. The van der Waals surface area contributed by atoms with Crippen LogP contribution in [0.2, 0.25) is 5.02 Å². The van der Waals surface area contributed by atoms with E-state index in [-0.39, 0.29) is 5.88 Å². The Hall–Kier alpha value is -1.54. The molecule has 0 aliphatic carbocycles. The molecule has 0 N–H and O–H groups in total. The second-order valence-corrected chi connectivity index (χ2v) is 5.97. The van der Waals surface area contributed by atoms with Gasteiger partial charge in [0, 0.05) is 4.47 Å². The molecule has 0 aliphatic heterocycles. The van der Waals surface area contributed by atoms with Crippen molar-refractivity contribution in [1.82, 2.24) is 9.55 Å². The molecule has 1 heterocycles. The molecule has 104 valence electrons. The molecule has 0 spiro atoms. The first-order valence-corrected chi connectivity index (χ1v) is 7.78. The average Bonchev–Trinajstić information content (AvgIpc) is 2.87. The van der Waals surface area contributed by atoms with Crippen molar-refractivity contribution in [3.05, 3.63) is 57.3 Å². The maximum Gasteiger partial charge on any atom is 0.129 e. The molecule has 1 aromatic heterocycles. The molecule has 6 heteroatoms. The molecule has 3 nitrogen and oxygen atoms in total. The van der Waals surface area contributed by atoms with Gasteiger partial charge < -0.3 is 0 Å². The van der Waals surface area contributed by atoms with E-state index in [1.54, 1.807) is 12.1 Å². The summed E-state index contributed by atoms with van der Waals surface area (Å²) < 4.78 is 2.72. The smallest absolute Gasteiger partial charge is 0.129 e. The highest BCUT2D eigenvalue weighted by Gasteiger charge is 2.16. The third-order valence-electron chi connectivity index (χ3n) is 3.14. The first kappa shape index (κ1) is 14.4. The monoisotopic (exact) mass is 379 g/mol. The second kappa shape index (κ2) is 5.69. The lowest BCUT2D eigenvalue weighted by Crippen LogP contribution is -2.01. The number of hydrogen-bond acceptors (Lipinski definition) is 2. The maximum atomic E-state index is 9.37. The Labute approximate surface area is 139 Å². The van der Waals surface area contributed by atoms with E-state index < -0.39 is 0 Å². The zero-order valence-corrected chi connectivity index (χ0v) is 13.7. The first-order valence-electron chi connectivity index (χ1n) is 6.07. The Morgan fingerprint density at radius 3 is 2.81 bits per heavy atom. The summed E-state index contributed by atoms with van der Waals surface area (Å²) >= 11 is 15.6. The zero-order valence-electron chi connectivity index (χ0n) is 10.6. The number of rotatable bonds is 2. The van der Waals surface area contributed by atoms with Crippen molar-refractivity contribution in [2.45, 2.75) is 5.88 Å². The van der Waals surface area contributed by atoms with Gasteiger partial charge in [-0.15, -0.1) is 11.6 Å². The van der Waals surface area contributed by atoms with E-state index in [2.05, 4.69) is 27.0 Å². The molecule has 3 rings (SSSR count). The average molecular weight is 381 g/mol. The Balaban J connectivity index is 2.40. The molecular formula is C15H8BrCl2N3. The summed E-state index contributed by atoms with van der Waals surface area (Å²) in [4.78, 5) is 4.48. The predicted molar refractivity (Wildman–Crippen MR) is 88.1 cm³/mol. The van der Waals surface area contributed by atoms with Crippen LogP contribution in [-0.4, -0.2) is 9.55 Å². The van der Waals surface area contributed by atoms with Crippen LogP contribution < -0.4 is 0 Å². The van der Waals surface area contributed by atoms with Gasteiger partial charge in [0.1, 0.15) is 17.4 Å². The zero-order chi connectivity index (χ0) is 15.0. The quantitative estimate of drug-likeness (QED) is 0.583. The fourth-order valence-corrected chi connectivity index (χ4v) is 3.02. The Morgan fingerprint density at radius 2 is 2.10 bits per heavy atom. The summed E-state index contributed by atoms with van der Waals surface area (Å²) in [5.74, 6) is 0.880. The molecular weight excluding hydrogens is 373 g/mol. The number of para-hydroxylation sites is 1. The highest BCUT2D eigenvalue weighted by Crippen LogP contribution is 2.29. The van der Waals surface area contributed by atoms with Gasteiger partial charge in [-0.05, 0) is 30.3 Å². The van der Waals surface area contributed by atoms with E-state index in [1.807, 2.05) is 28.8 Å². The maximum absolute atomic E-state index is 9.37. The van der Waals surface area contributed by atoms with Crippen LogP contribution in [0.5, 0.6) is 0 Å². The molecule has 0 saturated heterocycles. The second-order valence-electron chi connectivity index (χ2n) is 4.38. The van der Waals surface area contributed by atoms with Crippen LogP contribution >= 0.6 is 39.1 Å². The molecule has 0 unspecified atom stereocenters. The molecule has 2 aromatic carbocycles. The van der Waals surface area contributed by atoms with Gasteiger partial charge in [0.25, 0.3) is 0 Å². The van der Waals surface area contributed by atoms with Crippen LogP contribution in [0, 0.1) is 11.3 Å². The number of imidazole rings is 1. The summed E-state index contributed by atoms with van der Waals surface area (Å²) in [6.07, 6.45) is 0. The number of nitrogens with zero attached hydrogens (tertiary/aromatic N) is 3. The Bertz CT molecular complexity index is 880. The summed E-state index contributed by atoms with van der Waals surface area (Å²) in [5.41, 5.74) is 2.79. The van der Waals surface area contributed by atoms with E-state index >= 15 is 0 Å². The number of nitriles is 1. The van der Waals surface area contributed by atoms with Gasteiger partial charge in [-0.25, -0.2) is 4.98 Å². The van der Waals surface area contributed by atoms with Crippen molar-refractivity contribution in [2.75, 3.05) is 0 Å². The normalized spacial score (nSPS) is 10.8. The highest BCUT2D eigenvalue weighted by molar-refractivity contribution is 9.10. The molecule has 0 fully saturated rings. The number of fused-ring (bicyclic) bond motifs is 1. The Morgan fingerprint density at radius 1 is 1.29 bits per heavy atom. The van der Waals surface area contributed by atoms with Crippen LogP contribution in [0.25, 0.3) is 16.7 Å². The number of aromatic nitrogens is 2. The van der Waals surface area contributed by atoms with Crippen LogP contribution in [0.4, 0.5) is 0 Å². The molecule has 0 saturated carbocycles. The van der Waals surface area contributed by atoms with E-state index in [1.165, 1.54) is 0 Å². The van der Waals surface area contributed by atoms with Crippen molar-refractivity contribution in [3.63, 3.8) is 0 Å². The van der Waals surface area contributed by atoms with Crippen LogP contribution in [0.1, 0.15) is 11.4 Å². The fraction of sp³-hybridized carbons (Fsp3) is 0.0667. The van der Waals surface area contributed by atoms with E-state index in [9.17, 15) is 5.26 Å². The largest absolute Gasteiger partial charge is 0.294 e. The summed E-state index contributed by atoms with van der Waals surface area (Å²) in [6, 6.07) is 13.3. The SMILES string of the molecule is N#Cc1cc(Br)ccc1-n1c(CCl)nc2c(Cl)cccc21. The van der Waals surface area contributed by atoms with Gasteiger partial charge in [0.2, 0.25) is 0 Å². The molecule has 0 amide bonds. The van der Waals surface area contributed by atoms with Gasteiger partial charge in [-0.3, -0.25) is 4.57 Å². The summed E-state index contributed by atoms with van der Waals surface area (Å²) in [6.45, 7) is 0. The number of hydrogen-bond donors (Lipinski definition) is 0. The standard InChI is InChI=1S/C15H8BrCl2N3/c16-10-4-5-12(9(6-10)8-19)21-13-3-1-2-11(18)15(13)20-14(21)7-17/h1-6H,7H2. The van der Waals surface area contributed by atoms with Crippen molar-refractivity contribution in [1.29, 1.82) is 5.26 Å². The molecule has 21 heavy (non-hydrogen) atoms. The fourth-order valence-electron chi connectivity index (χ4n) is 2.26. The topological polar surface area (TPSA) is 41.6 Å². The van der Waals surface area contributed by atoms with Gasteiger partial charge in [0.05, 0.1) is 27.7 Å². The van der Waals surface area contributed by atoms with Crippen LogP contribution in [0.15, 0.2) is 40.9 Å². The van der Waals surface area contributed by atoms with Gasteiger partial charge in [0.15, 0.2) is 0 Å². The van der Waals surface area contributed by atoms with Crippen molar-refractivity contribution in [2.24, 2.45) is 0 Å². The number of benzene rings is 2. The highest BCUT2D eigenvalue weighted by atomic mass is 79.9. The first-order chi connectivity index (χ1) is 10.2. The van der Waals surface area contributed by atoms with Crippen LogP contribution in [-0.2, 0) is 5.88 Å². The lowest BCUT2D eigenvalue weighted by Gasteiger charge is -2.10.